The number of para-hydroxylation sites is 1. The Morgan fingerprint density at radius 3 is 2.62 bits per heavy atom. The summed E-state index contributed by atoms with van der Waals surface area (Å²) >= 11 is 2.07. The molecule has 0 saturated heterocycles. The van der Waals surface area contributed by atoms with Crippen molar-refractivity contribution in [2.24, 2.45) is 5.73 Å². The lowest BCUT2D eigenvalue weighted by Gasteiger charge is -2.11. The summed E-state index contributed by atoms with van der Waals surface area (Å²) in [4.78, 5) is 21.9. The summed E-state index contributed by atoms with van der Waals surface area (Å²) in [7, 11) is 0. The number of hydrogen-bond acceptors (Lipinski definition) is 3. The van der Waals surface area contributed by atoms with Gasteiger partial charge in [-0.3, -0.25) is 9.59 Å². The van der Waals surface area contributed by atoms with Crippen LogP contribution in [0.25, 0.3) is 0 Å². The summed E-state index contributed by atoms with van der Waals surface area (Å²) in [5, 5.41) is 11.1. The van der Waals surface area contributed by atoms with Gasteiger partial charge in [-0.2, -0.15) is 0 Å². The highest BCUT2D eigenvalue weighted by Crippen LogP contribution is 2.17. The monoisotopic (exact) mass is 334 g/mol. The minimum atomic E-state index is -1.09. The number of benzene rings is 1. The Balaban J connectivity index is 2.64. The molecule has 1 atom stereocenters. The smallest absolute Gasteiger partial charge is 0.305 e. The lowest BCUT2D eigenvalue weighted by Crippen LogP contribution is -2.37. The van der Waals surface area contributed by atoms with Crippen molar-refractivity contribution in [3.8, 4) is 0 Å². The molecule has 1 aromatic rings. The third-order valence-corrected chi connectivity index (χ3v) is 2.80. The first-order valence-corrected chi connectivity index (χ1v) is 5.61. The molecule has 16 heavy (non-hydrogen) atoms. The molecule has 0 heterocycles. The number of amides is 1. The van der Waals surface area contributed by atoms with Gasteiger partial charge in [0.25, 0.3) is 0 Å². The number of halogens is 1. The van der Waals surface area contributed by atoms with Gasteiger partial charge in [0.05, 0.1) is 18.2 Å². The summed E-state index contributed by atoms with van der Waals surface area (Å²) in [6, 6.07) is 6.15. The SMILES string of the molecule is NC(CC(=O)O)C(=O)Nc1ccccc1I. The standard InChI is InChI=1S/C10H11IN2O3/c11-6-3-1-2-4-8(6)13-10(16)7(12)5-9(14)15/h1-4,7H,5,12H2,(H,13,16)(H,14,15). The van der Waals surface area contributed by atoms with Crippen LogP contribution in [-0.2, 0) is 9.59 Å². The molecule has 1 aromatic carbocycles. The van der Waals surface area contributed by atoms with E-state index in [9.17, 15) is 9.59 Å². The van der Waals surface area contributed by atoms with Crippen molar-refractivity contribution >= 4 is 40.2 Å². The minimum Gasteiger partial charge on any atom is -0.481 e. The Labute approximate surface area is 106 Å². The van der Waals surface area contributed by atoms with Crippen LogP contribution in [0.4, 0.5) is 5.69 Å². The van der Waals surface area contributed by atoms with Crippen LogP contribution in [0.15, 0.2) is 24.3 Å². The predicted octanol–water partition coefficient (Wildman–Crippen LogP) is 1.03. The molecule has 0 fully saturated rings. The molecule has 0 aliphatic heterocycles. The normalized spacial score (nSPS) is 11.9. The van der Waals surface area contributed by atoms with Crippen molar-refractivity contribution in [3.05, 3.63) is 27.8 Å². The second-order valence-electron chi connectivity index (χ2n) is 3.17. The number of carbonyl (C=O) groups excluding carboxylic acids is 1. The van der Waals surface area contributed by atoms with Crippen LogP contribution in [0.3, 0.4) is 0 Å². The molecule has 4 N–H and O–H groups in total. The van der Waals surface area contributed by atoms with Crippen LogP contribution in [0, 0.1) is 3.57 Å². The Hall–Kier alpha value is -1.15. The van der Waals surface area contributed by atoms with E-state index in [1.54, 1.807) is 12.1 Å². The highest BCUT2D eigenvalue weighted by molar-refractivity contribution is 14.1. The fourth-order valence-electron chi connectivity index (χ4n) is 1.07. The summed E-state index contributed by atoms with van der Waals surface area (Å²) in [6.07, 6.45) is -0.380. The molecule has 5 nitrogen and oxygen atoms in total. The zero-order valence-electron chi connectivity index (χ0n) is 8.31. The second-order valence-corrected chi connectivity index (χ2v) is 4.34. The van der Waals surface area contributed by atoms with Crippen molar-refractivity contribution in [3.63, 3.8) is 0 Å². The summed E-state index contributed by atoms with van der Waals surface area (Å²) < 4.78 is 0.871. The summed E-state index contributed by atoms with van der Waals surface area (Å²) in [5.74, 6) is -1.59. The van der Waals surface area contributed by atoms with Gasteiger partial charge in [0.1, 0.15) is 0 Å². The van der Waals surface area contributed by atoms with E-state index in [1.165, 1.54) is 0 Å². The summed E-state index contributed by atoms with van der Waals surface area (Å²) in [6.45, 7) is 0. The van der Waals surface area contributed by atoms with Gasteiger partial charge >= 0.3 is 5.97 Å². The molecule has 6 heteroatoms. The van der Waals surface area contributed by atoms with Gasteiger partial charge in [-0.05, 0) is 34.7 Å². The average molecular weight is 334 g/mol. The first-order chi connectivity index (χ1) is 7.50. The van der Waals surface area contributed by atoms with Crippen LogP contribution >= 0.6 is 22.6 Å². The maximum Gasteiger partial charge on any atom is 0.305 e. The molecule has 0 aliphatic rings. The quantitative estimate of drug-likeness (QED) is 0.717. The minimum absolute atomic E-state index is 0.380. The fourth-order valence-corrected chi connectivity index (χ4v) is 1.59. The molecule has 0 saturated carbocycles. The third kappa shape index (κ3) is 3.78. The molecular formula is C10H11IN2O3. The molecule has 0 spiro atoms. The van der Waals surface area contributed by atoms with Gasteiger partial charge < -0.3 is 16.2 Å². The molecule has 0 aliphatic carbocycles. The van der Waals surface area contributed by atoms with E-state index in [1.807, 2.05) is 12.1 Å². The van der Waals surface area contributed by atoms with Crippen molar-refractivity contribution in [2.45, 2.75) is 12.5 Å². The first-order valence-electron chi connectivity index (χ1n) is 4.53. The largest absolute Gasteiger partial charge is 0.481 e. The van der Waals surface area contributed by atoms with Gasteiger partial charge in [0.2, 0.25) is 5.91 Å². The van der Waals surface area contributed by atoms with Crippen LogP contribution < -0.4 is 11.1 Å². The maximum absolute atomic E-state index is 11.5. The van der Waals surface area contributed by atoms with E-state index in [-0.39, 0.29) is 6.42 Å². The fraction of sp³-hybridized carbons (Fsp3) is 0.200. The number of nitrogens with one attached hydrogen (secondary N) is 1. The highest BCUT2D eigenvalue weighted by Gasteiger charge is 2.17. The lowest BCUT2D eigenvalue weighted by molar-refractivity contribution is -0.138. The van der Waals surface area contributed by atoms with Crippen molar-refractivity contribution in [2.75, 3.05) is 5.32 Å². The molecule has 0 bridgehead atoms. The summed E-state index contributed by atoms with van der Waals surface area (Å²) in [5.41, 5.74) is 6.05. The number of carbonyl (C=O) groups is 2. The Kier molecular flexibility index (Phi) is 4.69. The number of anilines is 1. The third-order valence-electron chi connectivity index (χ3n) is 1.86. The van der Waals surface area contributed by atoms with E-state index in [4.69, 9.17) is 10.8 Å². The van der Waals surface area contributed by atoms with Gasteiger partial charge in [-0.15, -0.1) is 0 Å². The predicted molar refractivity (Wildman–Crippen MR) is 68.0 cm³/mol. The number of hydrogen-bond donors (Lipinski definition) is 3. The van der Waals surface area contributed by atoms with E-state index < -0.39 is 17.9 Å². The van der Waals surface area contributed by atoms with Crippen LogP contribution in [-0.4, -0.2) is 23.0 Å². The van der Waals surface area contributed by atoms with E-state index in [2.05, 4.69) is 27.9 Å². The Bertz CT molecular complexity index is 409. The molecule has 0 aromatic heterocycles. The van der Waals surface area contributed by atoms with Gasteiger partial charge in [-0.25, -0.2) is 0 Å². The zero-order chi connectivity index (χ0) is 12.1. The van der Waals surface area contributed by atoms with Gasteiger partial charge in [0.15, 0.2) is 0 Å². The van der Waals surface area contributed by atoms with Crippen LogP contribution in [0.1, 0.15) is 6.42 Å². The van der Waals surface area contributed by atoms with E-state index in [0.29, 0.717) is 5.69 Å². The highest BCUT2D eigenvalue weighted by atomic mass is 127. The van der Waals surface area contributed by atoms with E-state index in [0.717, 1.165) is 3.57 Å². The van der Waals surface area contributed by atoms with Gasteiger partial charge in [-0.1, -0.05) is 12.1 Å². The number of carboxylic acids is 1. The van der Waals surface area contributed by atoms with Crippen molar-refractivity contribution in [1.82, 2.24) is 0 Å². The van der Waals surface area contributed by atoms with Crippen LogP contribution in [0.2, 0.25) is 0 Å². The Morgan fingerprint density at radius 2 is 2.06 bits per heavy atom. The number of nitrogens with two attached hydrogens (primary N) is 1. The number of carboxylic acid groups (broad SMARTS) is 1. The van der Waals surface area contributed by atoms with Crippen LogP contribution in [0.5, 0.6) is 0 Å². The second kappa shape index (κ2) is 5.80. The van der Waals surface area contributed by atoms with E-state index >= 15 is 0 Å². The number of rotatable bonds is 4. The first kappa shape index (κ1) is 12.9. The topological polar surface area (TPSA) is 92.4 Å². The van der Waals surface area contributed by atoms with Crippen molar-refractivity contribution < 1.29 is 14.7 Å². The zero-order valence-corrected chi connectivity index (χ0v) is 10.5. The molecule has 86 valence electrons. The molecule has 1 rings (SSSR count). The molecule has 1 unspecified atom stereocenters. The lowest BCUT2D eigenvalue weighted by atomic mass is 10.2. The Morgan fingerprint density at radius 1 is 1.44 bits per heavy atom. The molecular weight excluding hydrogens is 323 g/mol. The average Bonchev–Trinajstić information content (AvgIpc) is 2.20. The molecule has 0 radical (unpaired) electrons. The molecule has 1 amide bonds. The van der Waals surface area contributed by atoms with Crippen molar-refractivity contribution in [1.29, 1.82) is 0 Å². The van der Waals surface area contributed by atoms with Gasteiger partial charge in [0, 0.05) is 3.57 Å². The number of aliphatic carboxylic acids is 1. The maximum atomic E-state index is 11.5.